The minimum atomic E-state index is -0.120. The van der Waals surface area contributed by atoms with E-state index < -0.39 is 0 Å². The van der Waals surface area contributed by atoms with Crippen LogP contribution in [0.15, 0.2) is 68.8 Å². The first-order valence-electron chi connectivity index (χ1n) is 13.8. The van der Waals surface area contributed by atoms with Gasteiger partial charge in [-0.15, -0.1) is 26.3 Å². The van der Waals surface area contributed by atoms with Gasteiger partial charge in [0.2, 0.25) is 0 Å². The quantitative estimate of drug-likeness (QED) is 0.268. The maximum absolute atomic E-state index is 13.3. The first kappa shape index (κ1) is 34.8. The molecule has 218 valence electrons. The fraction of sp³-hybridized carbons (Fsp3) is 0.394. The van der Waals surface area contributed by atoms with Gasteiger partial charge in [-0.1, -0.05) is 47.5 Å². The van der Waals surface area contributed by atoms with Crippen LogP contribution < -0.4 is 16.4 Å². The second-order valence-electron chi connectivity index (χ2n) is 9.71. The number of hydrogen-bond donors (Lipinski definition) is 3. The Balaban J connectivity index is 0.00000125. The number of aromatic nitrogens is 2. The number of carbonyl (C=O) groups is 1. The van der Waals surface area contributed by atoms with Crippen molar-refractivity contribution in [2.45, 2.75) is 46.5 Å². The number of nitrogens with two attached hydrogens (primary N) is 1. The lowest BCUT2D eigenvalue weighted by atomic mass is 9.82. The van der Waals surface area contributed by atoms with Crippen molar-refractivity contribution in [1.29, 1.82) is 0 Å². The predicted molar refractivity (Wildman–Crippen MR) is 173 cm³/mol. The molecule has 1 fully saturated rings. The number of nitrogens with zero attached hydrogens (tertiary/aromatic N) is 2. The molecule has 0 unspecified atom stereocenters. The van der Waals surface area contributed by atoms with Crippen LogP contribution >= 0.6 is 11.6 Å². The lowest BCUT2D eigenvalue weighted by Crippen LogP contribution is -2.33. The van der Waals surface area contributed by atoms with Crippen molar-refractivity contribution in [3.63, 3.8) is 0 Å². The maximum atomic E-state index is 13.3. The largest absolute Gasteiger partial charge is 0.350 e. The minimum Gasteiger partial charge on any atom is -0.350 e. The van der Waals surface area contributed by atoms with Crippen LogP contribution in [0.4, 0.5) is 0 Å². The van der Waals surface area contributed by atoms with Crippen LogP contribution in [0.3, 0.4) is 0 Å². The van der Waals surface area contributed by atoms with Crippen molar-refractivity contribution in [3.05, 3.63) is 96.2 Å². The van der Waals surface area contributed by atoms with Gasteiger partial charge in [-0.2, -0.15) is 5.10 Å². The summed E-state index contributed by atoms with van der Waals surface area (Å²) in [4.78, 5) is 13.3. The van der Waals surface area contributed by atoms with E-state index >= 15 is 0 Å². The van der Waals surface area contributed by atoms with Gasteiger partial charge in [-0.25, -0.2) is 4.68 Å². The highest BCUT2D eigenvalue weighted by Crippen LogP contribution is 2.32. The molecule has 1 amide bonds. The van der Waals surface area contributed by atoms with Crippen LogP contribution in [0.5, 0.6) is 0 Å². The van der Waals surface area contributed by atoms with E-state index in [-0.39, 0.29) is 5.91 Å². The summed E-state index contributed by atoms with van der Waals surface area (Å²) in [6.45, 7) is 19.8. The Bertz CT molecular complexity index is 1180. The average molecular weight is 566 g/mol. The molecule has 1 aromatic heterocycles. The predicted octanol–water partition coefficient (Wildman–Crippen LogP) is 7.05. The third kappa shape index (κ3) is 9.19. The molecule has 40 heavy (non-hydrogen) atoms. The van der Waals surface area contributed by atoms with E-state index in [2.05, 4.69) is 73.9 Å². The second kappa shape index (κ2) is 18.2. The molecule has 4 N–H and O–H groups in total. The lowest BCUT2D eigenvalue weighted by molar-refractivity contribution is 0.0935. The summed E-state index contributed by atoms with van der Waals surface area (Å²) in [6.07, 6.45) is 4.76. The molecule has 0 spiro atoms. The molecule has 7 heteroatoms. The highest BCUT2D eigenvalue weighted by atomic mass is 35.5. The molecule has 1 aliphatic carbocycles. The Hall–Kier alpha value is -3.19. The molecule has 1 aliphatic rings. The summed E-state index contributed by atoms with van der Waals surface area (Å²) in [6, 6.07) is 14.2. The van der Waals surface area contributed by atoms with Gasteiger partial charge in [-0.05, 0) is 96.6 Å². The first-order valence-corrected chi connectivity index (χ1v) is 14.2. The van der Waals surface area contributed by atoms with Crippen molar-refractivity contribution in [2.75, 3.05) is 27.2 Å². The topological polar surface area (TPSA) is 85.0 Å². The van der Waals surface area contributed by atoms with Gasteiger partial charge in [0, 0.05) is 17.7 Å². The first-order chi connectivity index (χ1) is 19.4. The molecule has 2 aromatic carbocycles. The summed E-state index contributed by atoms with van der Waals surface area (Å²) in [5, 5.41) is 11.8. The molecule has 0 bridgehead atoms. The zero-order chi connectivity index (χ0) is 30.2. The Morgan fingerprint density at radius 2 is 1.45 bits per heavy atom. The van der Waals surface area contributed by atoms with Crippen LogP contribution in [0.25, 0.3) is 16.9 Å². The summed E-state index contributed by atoms with van der Waals surface area (Å²) in [7, 11) is 3.52. The Morgan fingerprint density at radius 1 is 0.925 bits per heavy atom. The maximum Gasteiger partial charge on any atom is 0.272 e. The van der Waals surface area contributed by atoms with Crippen LogP contribution in [0.1, 0.15) is 52.9 Å². The van der Waals surface area contributed by atoms with E-state index in [9.17, 15) is 4.79 Å². The molecule has 1 heterocycles. The SMILES string of the molecule is C=C.C=C.CN.CNCC1CCC(CNC(=O)c2nn(-c3ccc(C)cc3Cl)c(-c3ccc(C)cc3)c2C)CC1. The smallest absolute Gasteiger partial charge is 0.272 e. The third-order valence-corrected chi connectivity index (χ3v) is 7.31. The number of hydrogen-bond acceptors (Lipinski definition) is 4. The molecule has 0 aliphatic heterocycles. The van der Waals surface area contributed by atoms with Crippen LogP contribution in [-0.2, 0) is 0 Å². The zero-order valence-electron chi connectivity index (χ0n) is 25.0. The van der Waals surface area contributed by atoms with Crippen LogP contribution in [0.2, 0.25) is 5.02 Å². The van der Waals surface area contributed by atoms with E-state index in [1.165, 1.54) is 25.5 Å². The fourth-order valence-electron chi connectivity index (χ4n) is 4.97. The van der Waals surface area contributed by atoms with E-state index in [1.807, 2.05) is 43.8 Å². The molecular formula is C33H48ClN5O. The van der Waals surface area contributed by atoms with Crippen molar-refractivity contribution < 1.29 is 4.79 Å². The normalized spacial score (nSPS) is 15.8. The van der Waals surface area contributed by atoms with Gasteiger partial charge >= 0.3 is 0 Å². The molecule has 4 rings (SSSR count). The number of halogens is 1. The average Bonchev–Trinajstić information content (AvgIpc) is 3.33. The summed E-state index contributed by atoms with van der Waals surface area (Å²) >= 11 is 6.62. The Labute approximate surface area is 246 Å². The minimum absolute atomic E-state index is 0.120. The van der Waals surface area contributed by atoms with Crippen molar-refractivity contribution in [3.8, 4) is 16.9 Å². The molecule has 1 saturated carbocycles. The van der Waals surface area contributed by atoms with Gasteiger partial charge in [0.1, 0.15) is 0 Å². The fourth-order valence-corrected chi connectivity index (χ4v) is 5.28. The lowest BCUT2D eigenvalue weighted by Gasteiger charge is -2.28. The molecule has 0 radical (unpaired) electrons. The van der Waals surface area contributed by atoms with E-state index in [4.69, 9.17) is 16.7 Å². The van der Waals surface area contributed by atoms with Crippen LogP contribution in [-0.4, -0.2) is 42.9 Å². The highest BCUT2D eigenvalue weighted by molar-refractivity contribution is 6.32. The number of benzene rings is 2. The number of amides is 1. The third-order valence-electron chi connectivity index (χ3n) is 7.00. The van der Waals surface area contributed by atoms with Crippen molar-refractivity contribution in [2.24, 2.45) is 17.6 Å². The van der Waals surface area contributed by atoms with Crippen molar-refractivity contribution >= 4 is 17.5 Å². The van der Waals surface area contributed by atoms with Gasteiger partial charge in [-0.3, -0.25) is 4.79 Å². The number of nitrogens with one attached hydrogen (secondary N) is 2. The van der Waals surface area contributed by atoms with E-state index in [0.29, 0.717) is 23.2 Å². The molecule has 0 atom stereocenters. The van der Waals surface area contributed by atoms with E-state index in [0.717, 1.165) is 53.4 Å². The van der Waals surface area contributed by atoms with Gasteiger partial charge in [0.25, 0.3) is 5.91 Å². The molecule has 6 nitrogen and oxygen atoms in total. The zero-order valence-corrected chi connectivity index (χ0v) is 25.8. The Kier molecular flexibility index (Phi) is 15.9. The monoisotopic (exact) mass is 565 g/mol. The van der Waals surface area contributed by atoms with E-state index in [1.54, 1.807) is 0 Å². The van der Waals surface area contributed by atoms with Gasteiger partial charge in [0.05, 0.1) is 16.4 Å². The standard InChI is InChI=1S/C28H35ClN4O.2C2H4.CH5N/c1-18-5-12-23(13-6-18)27-20(3)26(32-33(27)25-14-7-19(2)15-24(25)29)28(34)31-17-22-10-8-21(9-11-22)16-30-4;3*1-2/h5-7,12-15,21-22,30H,8-11,16-17H2,1-4H3,(H,31,34);2*1-2H2;2H2,1H3. The van der Waals surface area contributed by atoms with Gasteiger partial charge < -0.3 is 16.4 Å². The number of aryl methyl sites for hydroxylation is 2. The number of carbonyl (C=O) groups excluding carboxylic acids is 1. The highest BCUT2D eigenvalue weighted by Gasteiger charge is 2.25. The number of rotatable bonds is 7. The molecule has 0 saturated heterocycles. The second-order valence-corrected chi connectivity index (χ2v) is 10.1. The van der Waals surface area contributed by atoms with Crippen LogP contribution in [0, 0.1) is 32.6 Å². The van der Waals surface area contributed by atoms with Crippen molar-refractivity contribution in [1.82, 2.24) is 20.4 Å². The molecular weight excluding hydrogens is 518 g/mol. The van der Waals surface area contributed by atoms with Gasteiger partial charge in [0.15, 0.2) is 5.69 Å². The summed E-state index contributed by atoms with van der Waals surface area (Å²) < 4.78 is 1.82. The Morgan fingerprint density at radius 3 is 1.98 bits per heavy atom. The molecule has 3 aromatic rings. The summed E-state index contributed by atoms with van der Waals surface area (Å²) in [5.41, 5.74) is 10.7. The summed E-state index contributed by atoms with van der Waals surface area (Å²) in [5.74, 6) is 1.17.